The molecular formula is C14H16N6O. The van der Waals surface area contributed by atoms with E-state index in [4.69, 9.17) is 0 Å². The Morgan fingerprint density at radius 2 is 2.10 bits per heavy atom. The molecule has 0 saturated heterocycles. The molecule has 0 saturated carbocycles. The van der Waals surface area contributed by atoms with Gasteiger partial charge in [0.05, 0.1) is 6.04 Å². The minimum absolute atomic E-state index is 0.117. The topological polar surface area (TPSA) is 77.6 Å². The van der Waals surface area contributed by atoms with Crippen molar-refractivity contribution in [3.8, 4) is 0 Å². The van der Waals surface area contributed by atoms with Gasteiger partial charge in [-0.25, -0.2) is 9.67 Å². The summed E-state index contributed by atoms with van der Waals surface area (Å²) in [6, 6.07) is 5.66. The standard InChI is InChI=1S/C14H16N6O/c1-9(2)20-14(15-8-16-20)18-13(21)11-5-4-10-6-7-19(3)12(10)17-11/h4-9H,1-3H3,(H,15,16,18,21). The van der Waals surface area contributed by atoms with Crippen LogP contribution < -0.4 is 5.32 Å². The predicted molar refractivity (Wildman–Crippen MR) is 79.1 cm³/mol. The maximum Gasteiger partial charge on any atom is 0.276 e. The Bertz CT molecular complexity index is 801. The molecule has 0 aliphatic heterocycles. The Hall–Kier alpha value is -2.70. The summed E-state index contributed by atoms with van der Waals surface area (Å²) in [6.07, 6.45) is 3.33. The average Bonchev–Trinajstić information content (AvgIpc) is 3.06. The minimum Gasteiger partial charge on any atom is -0.336 e. The number of rotatable bonds is 3. The van der Waals surface area contributed by atoms with Gasteiger partial charge in [-0.15, -0.1) is 0 Å². The van der Waals surface area contributed by atoms with Gasteiger partial charge in [-0.05, 0) is 32.0 Å². The van der Waals surface area contributed by atoms with Crippen LogP contribution in [0.5, 0.6) is 0 Å². The van der Waals surface area contributed by atoms with Crippen LogP contribution in [-0.4, -0.2) is 30.2 Å². The van der Waals surface area contributed by atoms with Gasteiger partial charge in [0.25, 0.3) is 5.91 Å². The van der Waals surface area contributed by atoms with Crippen LogP contribution in [0.2, 0.25) is 0 Å². The third-order valence-corrected chi connectivity index (χ3v) is 3.24. The molecule has 1 amide bonds. The number of amides is 1. The molecule has 3 aromatic heterocycles. The minimum atomic E-state index is -0.298. The lowest BCUT2D eigenvalue weighted by atomic mass is 10.3. The summed E-state index contributed by atoms with van der Waals surface area (Å²) in [5.41, 5.74) is 1.12. The second-order valence-corrected chi connectivity index (χ2v) is 5.11. The van der Waals surface area contributed by atoms with Crippen LogP contribution in [0.25, 0.3) is 11.0 Å². The third-order valence-electron chi connectivity index (χ3n) is 3.24. The van der Waals surface area contributed by atoms with Crippen molar-refractivity contribution in [2.45, 2.75) is 19.9 Å². The van der Waals surface area contributed by atoms with Crippen molar-refractivity contribution in [3.05, 3.63) is 36.4 Å². The van der Waals surface area contributed by atoms with E-state index in [0.29, 0.717) is 11.6 Å². The molecule has 108 valence electrons. The van der Waals surface area contributed by atoms with Gasteiger partial charge in [0, 0.05) is 18.6 Å². The SMILES string of the molecule is CC(C)n1ncnc1NC(=O)c1ccc2ccn(C)c2n1. The molecule has 7 nitrogen and oxygen atoms in total. The van der Waals surface area contributed by atoms with E-state index >= 15 is 0 Å². The lowest BCUT2D eigenvalue weighted by Gasteiger charge is -2.09. The van der Waals surface area contributed by atoms with Crippen LogP contribution in [-0.2, 0) is 7.05 Å². The quantitative estimate of drug-likeness (QED) is 0.798. The van der Waals surface area contributed by atoms with E-state index in [0.717, 1.165) is 11.0 Å². The van der Waals surface area contributed by atoms with Crippen LogP contribution in [0, 0.1) is 0 Å². The van der Waals surface area contributed by atoms with Gasteiger partial charge in [0.15, 0.2) is 0 Å². The van der Waals surface area contributed by atoms with Crippen molar-refractivity contribution >= 4 is 22.9 Å². The summed E-state index contributed by atoms with van der Waals surface area (Å²) in [5.74, 6) is 0.122. The number of anilines is 1. The molecule has 3 aromatic rings. The van der Waals surface area contributed by atoms with E-state index in [9.17, 15) is 4.79 Å². The van der Waals surface area contributed by atoms with Gasteiger partial charge in [0.1, 0.15) is 17.7 Å². The number of aromatic nitrogens is 5. The summed E-state index contributed by atoms with van der Waals surface area (Å²) in [4.78, 5) is 20.7. The van der Waals surface area contributed by atoms with E-state index in [2.05, 4.69) is 20.4 Å². The fraction of sp³-hybridized carbons (Fsp3) is 0.286. The van der Waals surface area contributed by atoms with E-state index in [-0.39, 0.29) is 11.9 Å². The third kappa shape index (κ3) is 2.37. The molecule has 0 radical (unpaired) electrons. The largest absolute Gasteiger partial charge is 0.336 e. The first-order valence-corrected chi connectivity index (χ1v) is 6.69. The zero-order chi connectivity index (χ0) is 15.0. The number of pyridine rings is 1. The van der Waals surface area contributed by atoms with Gasteiger partial charge in [-0.1, -0.05) is 0 Å². The summed E-state index contributed by atoms with van der Waals surface area (Å²) < 4.78 is 3.53. The maximum absolute atomic E-state index is 12.3. The summed E-state index contributed by atoms with van der Waals surface area (Å²) in [5, 5.41) is 7.83. The van der Waals surface area contributed by atoms with Crippen LogP contribution >= 0.6 is 0 Å². The molecule has 0 aliphatic carbocycles. The highest BCUT2D eigenvalue weighted by atomic mass is 16.2. The molecule has 3 heterocycles. The first-order chi connectivity index (χ1) is 10.1. The molecule has 0 fully saturated rings. The molecule has 0 bridgehead atoms. The second-order valence-electron chi connectivity index (χ2n) is 5.11. The van der Waals surface area contributed by atoms with Crippen molar-refractivity contribution in [2.75, 3.05) is 5.32 Å². The van der Waals surface area contributed by atoms with Gasteiger partial charge in [-0.3, -0.25) is 10.1 Å². The summed E-state index contributed by atoms with van der Waals surface area (Å²) >= 11 is 0. The molecule has 21 heavy (non-hydrogen) atoms. The van der Waals surface area contributed by atoms with Gasteiger partial charge < -0.3 is 4.57 Å². The number of nitrogens with one attached hydrogen (secondary N) is 1. The number of nitrogens with zero attached hydrogens (tertiary/aromatic N) is 5. The van der Waals surface area contributed by atoms with Crippen LogP contribution in [0.3, 0.4) is 0 Å². The molecule has 0 spiro atoms. The first kappa shape index (κ1) is 13.3. The summed E-state index contributed by atoms with van der Waals surface area (Å²) in [6.45, 7) is 3.94. The number of aryl methyl sites for hydroxylation is 1. The van der Waals surface area contributed by atoms with Crippen molar-refractivity contribution in [3.63, 3.8) is 0 Å². The Kier molecular flexibility index (Phi) is 3.17. The number of hydrogen-bond acceptors (Lipinski definition) is 4. The fourth-order valence-electron chi connectivity index (χ4n) is 2.14. The highest BCUT2D eigenvalue weighted by Gasteiger charge is 2.14. The number of carbonyl (C=O) groups is 1. The van der Waals surface area contributed by atoms with Crippen LogP contribution in [0.1, 0.15) is 30.4 Å². The fourth-order valence-corrected chi connectivity index (χ4v) is 2.14. The Morgan fingerprint density at radius 3 is 2.86 bits per heavy atom. The van der Waals surface area contributed by atoms with Crippen molar-refractivity contribution < 1.29 is 4.79 Å². The van der Waals surface area contributed by atoms with Crippen molar-refractivity contribution in [1.82, 2.24) is 24.3 Å². The molecule has 7 heteroatoms. The second kappa shape index (κ2) is 5.01. The summed E-state index contributed by atoms with van der Waals surface area (Å²) in [7, 11) is 1.90. The van der Waals surface area contributed by atoms with E-state index in [1.54, 1.807) is 10.7 Å². The van der Waals surface area contributed by atoms with E-state index < -0.39 is 0 Å². The Morgan fingerprint density at radius 1 is 1.29 bits per heavy atom. The zero-order valence-electron chi connectivity index (χ0n) is 12.1. The smallest absolute Gasteiger partial charge is 0.276 e. The molecule has 1 N–H and O–H groups in total. The van der Waals surface area contributed by atoms with Crippen molar-refractivity contribution in [2.24, 2.45) is 7.05 Å². The lowest BCUT2D eigenvalue weighted by molar-refractivity contribution is 0.102. The number of carbonyl (C=O) groups excluding carboxylic acids is 1. The average molecular weight is 284 g/mol. The molecule has 0 aliphatic rings. The van der Waals surface area contributed by atoms with E-state index in [1.807, 2.05) is 43.8 Å². The lowest BCUT2D eigenvalue weighted by Crippen LogP contribution is -2.18. The molecule has 0 unspecified atom stereocenters. The van der Waals surface area contributed by atoms with E-state index in [1.165, 1.54) is 6.33 Å². The van der Waals surface area contributed by atoms with Crippen molar-refractivity contribution in [1.29, 1.82) is 0 Å². The van der Waals surface area contributed by atoms with Crippen LogP contribution in [0.4, 0.5) is 5.95 Å². The Labute approximate surface area is 121 Å². The van der Waals surface area contributed by atoms with Gasteiger partial charge in [-0.2, -0.15) is 10.1 Å². The highest BCUT2D eigenvalue weighted by Crippen LogP contribution is 2.15. The highest BCUT2D eigenvalue weighted by molar-refractivity contribution is 6.03. The monoisotopic (exact) mass is 284 g/mol. The molecular weight excluding hydrogens is 268 g/mol. The van der Waals surface area contributed by atoms with Gasteiger partial charge in [0.2, 0.25) is 5.95 Å². The number of fused-ring (bicyclic) bond motifs is 1. The molecule has 0 atom stereocenters. The normalized spacial score (nSPS) is 11.2. The molecule has 0 aromatic carbocycles. The first-order valence-electron chi connectivity index (χ1n) is 6.69. The Balaban J connectivity index is 1.89. The number of hydrogen-bond donors (Lipinski definition) is 1. The molecule has 3 rings (SSSR count). The maximum atomic E-state index is 12.3. The predicted octanol–water partition coefficient (Wildman–Crippen LogP) is 2.00. The van der Waals surface area contributed by atoms with Crippen LogP contribution in [0.15, 0.2) is 30.7 Å². The zero-order valence-corrected chi connectivity index (χ0v) is 12.1. The van der Waals surface area contributed by atoms with Gasteiger partial charge >= 0.3 is 0 Å².